The molecule has 0 saturated carbocycles. The zero-order valence-electron chi connectivity index (χ0n) is 22.3. The number of hydrogen-bond acceptors (Lipinski definition) is 8. The molecule has 0 heterocycles. The van der Waals surface area contributed by atoms with Gasteiger partial charge in [0, 0.05) is 17.9 Å². The Bertz CT molecular complexity index is 1800. The van der Waals surface area contributed by atoms with Crippen LogP contribution < -0.4 is 4.74 Å². The molecule has 0 radical (unpaired) electrons. The van der Waals surface area contributed by atoms with Gasteiger partial charge in [0.2, 0.25) is 5.82 Å². The number of halogens is 10. The summed E-state index contributed by atoms with van der Waals surface area (Å²) in [5.41, 5.74) is -3.92. The van der Waals surface area contributed by atoms with E-state index >= 15 is 0 Å². The molecule has 3 rings (SSSR count). The molecule has 3 aromatic carbocycles. The Kier molecular flexibility index (Phi) is 13.7. The summed E-state index contributed by atoms with van der Waals surface area (Å²) in [6.07, 6.45) is -0.332. The Labute approximate surface area is 325 Å². The van der Waals surface area contributed by atoms with Gasteiger partial charge >= 0.3 is 17.9 Å². The van der Waals surface area contributed by atoms with Crippen LogP contribution in [0, 0.1) is 52.4 Å². The van der Waals surface area contributed by atoms with Gasteiger partial charge in [0.15, 0.2) is 23.3 Å². The third-order valence-electron chi connectivity index (χ3n) is 6.13. The molecule has 0 amide bonds. The van der Waals surface area contributed by atoms with Crippen molar-refractivity contribution in [2.45, 2.75) is 18.2 Å². The predicted molar refractivity (Wildman–Crippen MR) is 191 cm³/mol. The van der Waals surface area contributed by atoms with E-state index in [1.807, 2.05) is 67.8 Å². The zero-order chi connectivity index (χ0) is 34.9. The van der Waals surface area contributed by atoms with Gasteiger partial charge in [-0.2, -0.15) is 8.42 Å². The van der Waals surface area contributed by atoms with Crippen LogP contribution in [-0.2, 0) is 24.4 Å². The van der Waals surface area contributed by atoms with E-state index in [0.29, 0.717) is 7.14 Å². The number of rotatable bonds is 10. The highest BCUT2D eigenvalue weighted by Crippen LogP contribution is 2.33. The second-order valence-corrected chi connectivity index (χ2v) is 16.3. The molecule has 0 spiro atoms. The molecule has 1 unspecified atom stereocenters. The lowest BCUT2D eigenvalue weighted by atomic mass is 9.87. The first-order chi connectivity index (χ1) is 21.2. The summed E-state index contributed by atoms with van der Waals surface area (Å²) in [7, 11) is -4.67. The van der Waals surface area contributed by atoms with Crippen molar-refractivity contribution >= 4 is 141 Å². The van der Waals surface area contributed by atoms with Crippen molar-refractivity contribution in [2.75, 3.05) is 13.2 Å². The second-order valence-electron chi connectivity index (χ2n) is 9.06. The fraction of sp³-hybridized carbons (Fsp3) is 0.192. The molecule has 1 N–H and O–H groups in total. The van der Waals surface area contributed by atoms with Crippen LogP contribution in [0.15, 0.2) is 29.2 Å². The van der Waals surface area contributed by atoms with Gasteiger partial charge in [-0.3, -0.25) is 9.35 Å². The minimum atomic E-state index is -4.67. The standard InChI is InChI=1S/C26H14F5I5O9S/c1-2-26(7-43-23(37)15-11(33)3-9(32)4-12(15)34,8-44-24(38)16-17(27)19(29)21(31)20(30)18(16)28)25(39)45-10-5-13(35)22(14(36)6-10)46(40,41)42/h3-6H,2,7-8H2,1H3,(H,40,41,42). The summed E-state index contributed by atoms with van der Waals surface area (Å²) in [5.74, 6) is -16.7. The van der Waals surface area contributed by atoms with E-state index in [4.69, 9.17) is 14.2 Å². The highest BCUT2D eigenvalue weighted by molar-refractivity contribution is 14.1. The number of benzene rings is 3. The number of hydrogen-bond donors (Lipinski definition) is 1. The first kappa shape index (κ1) is 39.7. The van der Waals surface area contributed by atoms with E-state index in [1.54, 1.807) is 57.3 Å². The van der Waals surface area contributed by atoms with Gasteiger partial charge in [-0.05, 0) is 144 Å². The van der Waals surface area contributed by atoms with Crippen LogP contribution in [-0.4, -0.2) is 44.1 Å². The molecule has 20 heteroatoms. The van der Waals surface area contributed by atoms with Crippen molar-refractivity contribution < 1.29 is 63.5 Å². The molecule has 0 fully saturated rings. The van der Waals surface area contributed by atoms with E-state index in [-0.39, 0.29) is 24.9 Å². The van der Waals surface area contributed by atoms with Crippen molar-refractivity contribution in [3.05, 3.63) is 82.3 Å². The monoisotopic (exact) mass is 1230 g/mol. The Morgan fingerprint density at radius 1 is 0.717 bits per heavy atom. The summed E-state index contributed by atoms with van der Waals surface area (Å²) < 4.78 is 120. The van der Waals surface area contributed by atoms with E-state index in [9.17, 15) is 49.3 Å². The van der Waals surface area contributed by atoms with Gasteiger partial charge < -0.3 is 14.2 Å². The molecule has 0 aliphatic rings. The van der Waals surface area contributed by atoms with E-state index < -0.39 is 86.2 Å². The average Bonchev–Trinajstić information content (AvgIpc) is 2.93. The molecular weight excluding hydrogens is 1220 g/mol. The normalized spacial score (nSPS) is 12.8. The Morgan fingerprint density at radius 2 is 1.13 bits per heavy atom. The van der Waals surface area contributed by atoms with Crippen molar-refractivity contribution in [1.29, 1.82) is 0 Å². The van der Waals surface area contributed by atoms with Crippen molar-refractivity contribution in [2.24, 2.45) is 5.41 Å². The van der Waals surface area contributed by atoms with Crippen molar-refractivity contribution in [3.8, 4) is 5.75 Å². The molecule has 9 nitrogen and oxygen atoms in total. The van der Waals surface area contributed by atoms with Crippen LogP contribution in [0.5, 0.6) is 5.75 Å². The number of ether oxygens (including phenoxy) is 3. The smallest absolute Gasteiger partial charge is 0.344 e. The largest absolute Gasteiger partial charge is 0.461 e. The average molecular weight is 1230 g/mol. The highest BCUT2D eigenvalue weighted by atomic mass is 127. The molecule has 0 saturated heterocycles. The lowest BCUT2D eigenvalue weighted by molar-refractivity contribution is -0.152. The van der Waals surface area contributed by atoms with Gasteiger partial charge in [0.05, 0.1) is 5.56 Å². The third kappa shape index (κ3) is 8.70. The summed E-state index contributed by atoms with van der Waals surface area (Å²) in [4.78, 5) is 38.9. The van der Waals surface area contributed by atoms with Crippen LogP contribution in [0.3, 0.4) is 0 Å². The number of esters is 3. The lowest BCUT2D eigenvalue weighted by Gasteiger charge is -2.29. The summed E-state index contributed by atoms with van der Waals surface area (Å²) in [5, 5.41) is 0. The highest BCUT2D eigenvalue weighted by Gasteiger charge is 2.43. The molecule has 248 valence electrons. The van der Waals surface area contributed by atoms with Crippen molar-refractivity contribution in [3.63, 3.8) is 0 Å². The zero-order valence-corrected chi connectivity index (χ0v) is 33.9. The maximum absolute atomic E-state index is 14.3. The first-order valence-corrected chi connectivity index (χ1v) is 18.8. The molecule has 1 atom stereocenters. The molecule has 46 heavy (non-hydrogen) atoms. The van der Waals surface area contributed by atoms with E-state index in [2.05, 4.69) is 0 Å². The quantitative estimate of drug-likeness (QED) is 0.0414. The number of carbonyl (C=O) groups excluding carboxylic acids is 3. The predicted octanol–water partition coefficient (Wildman–Crippen LogP) is 7.67. The molecule has 0 aliphatic carbocycles. The first-order valence-electron chi connectivity index (χ1n) is 11.9. The van der Waals surface area contributed by atoms with Gasteiger partial charge in [0.1, 0.15) is 34.8 Å². The molecule has 0 aromatic heterocycles. The summed E-state index contributed by atoms with van der Waals surface area (Å²) >= 11 is 8.95. The second kappa shape index (κ2) is 15.9. The van der Waals surface area contributed by atoms with Crippen molar-refractivity contribution in [1.82, 2.24) is 0 Å². The molecule has 3 aromatic rings. The number of carbonyl (C=O) groups is 3. The molecular formula is C26H14F5I5O9S. The van der Waals surface area contributed by atoms with Gasteiger partial charge in [-0.15, -0.1) is 0 Å². The fourth-order valence-electron chi connectivity index (χ4n) is 3.64. The van der Waals surface area contributed by atoms with E-state index in [0.717, 1.165) is 15.7 Å². The fourth-order valence-corrected chi connectivity index (χ4v) is 11.7. The van der Waals surface area contributed by atoms with Gasteiger partial charge in [0.25, 0.3) is 10.1 Å². The van der Waals surface area contributed by atoms with Crippen LogP contribution in [0.25, 0.3) is 0 Å². The minimum absolute atomic E-state index is 0.0519. The van der Waals surface area contributed by atoms with Gasteiger partial charge in [-0.25, -0.2) is 31.5 Å². The van der Waals surface area contributed by atoms with Crippen LogP contribution in [0.4, 0.5) is 22.0 Å². The van der Waals surface area contributed by atoms with Crippen LogP contribution in [0.1, 0.15) is 34.1 Å². The Hall–Kier alpha value is -0.720. The molecule has 0 aliphatic heterocycles. The van der Waals surface area contributed by atoms with E-state index in [1.165, 1.54) is 6.92 Å². The lowest BCUT2D eigenvalue weighted by Crippen LogP contribution is -2.44. The Balaban J connectivity index is 2.02. The summed E-state index contributed by atoms with van der Waals surface area (Å²) in [6.45, 7) is -0.623. The minimum Gasteiger partial charge on any atom is -0.461 e. The van der Waals surface area contributed by atoms with Crippen LogP contribution >= 0.6 is 113 Å². The van der Waals surface area contributed by atoms with Gasteiger partial charge in [-0.1, -0.05) is 6.92 Å². The maximum atomic E-state index is 14.3. The topological polar surface area (TPSA) is 133 Å². The Morgan fingerprint density at radius 3 is 1.54 bits per heavy atom. The maximum Gasteiger partial charge on any atom is 0.344 e. The summed E-state index contributed by atoms with van der Waals surface area (Å²) in [6, 6.07) is 5.50. The third-order valence-corrected chi connectivity index (χ3v) is 11.8. The molecule has 0 bridgehead atoms. The van der Waals surface area contributed by atoms with Crippen LogP contribution in [0.2, 0.25) is 0 Å². The SMILES string of the molecule is CCC(COC(=O)c1c(I)cc(I)cc1I)(COC(=O)c1c(F)c(F)c(F)c(F)c1F)C(=O)Oc1cc(I)c(S(=O)(=O)O)c(I)c1.